The second kappa shape index (κ2) is 4.77. The molecule has 1 aromatic rings. The highest BCUT2D eigenvalue weighted by atomic mass is 79.9. The van der Waals surface area contributed by atoms with Crippen molar-refractivity contribution in [1.82, 2.24) is 0 Å². The van der Waals surface area contributed by atoms with Gasteiger partial charge in [-0.3, -0.25) is 4.79 Å². The van der Waals surface area contributed by atoms with Crippen LogP contribution in [-0.4, -0.2) is 10.6 Å². The molecule has 1 atom stereocenters. The summed E-state index contributed by atoms with van der Waals surface area (Å²) in [4.78, 5) is 11.5. The molecule has 1 nitrogen and oxygen atoms in total. The number of Topliss-reactive ketones (excluding diaryl/α,β-unsaturated/α-hetero) is 1. The molecule has 13 heavy (non-hydrogen) atoms. The number of hydrogen-bond donors (Lipinski definition) is 0. The Bertz CT molecular complexity index is 312. The molecule has 0 aliphatic carbocycles. The summed E-state index contributed by atoms with van der Waals surface area (Å²) in [5.74, 6) is 0.0880. The highest BCUT2D eigenvalue weighted by Crippen LogP contribution is 2.16. The van der Waals surface area contributed by atoms with Crippen LogP contribution in [0, 0.1) is 0 Å². The SMILES string of the molecule is CCC(Br)C(=O)c1cccc(Cl)c1. The molecule has 3 heteroatoms. The third kappa shape index (κ3) is 2.82. The fourth-order valence-electron chi connectivity index (χ4n) is 1.01. The summed E-state index contributed by atoms with van der Waals surface area (Å²) in [5, 5.41) is 0.599. The van der Waals surface area contributed by atoms with Gasteiger partial charge in [0, 0.05) is 10.6 Å². The Labute approximate surface area is 91.2 Å². The number of carbonyl (C=O) groups is 1. The molecule has 0 heterocycles. The molecule has 0 spiro atoms. The Morgan fingerprint density at radius 2 is 2.31 bits per heavy atom. The smallest absolute Gasteiger partial charge is 0.176 e. The first-order valence-electron chi connectivity index (χ1n) is 4.09. The lowest BCUT2D eigenvalue weighted by molar-refractivity contribution is 0.0990. The van der Waals surface area contributed by atoms with Gasteiger partial charge in [-0.05, 0) is 18.6 Å². The van der Waals surface area contributed by atoms with Crippen molar-refractivity contribution < 1.29 is 4.79 Å². The molecule has 0 aromatic heterocycles. The van der Waals surface area contributed by atoms with Gasteiger partial charge in [0.2, 0.25) is 0 Å². The number of ketones is 1. The Hall–Kier alpha value is -0.340. The maximum Gasteiger partial charge on any atom is 0.176 e. The molecule has 0 saturated carbocycles. The number of halogens is 2. The van der Waals surface area contributed by atoms with E-state index in [1.54, 1.807) is 24.3 Å². The van der Waals surface area contributed by atoms with Crippen LogP contribution in [0.15, 0.2) is 24.3 Å². The third-order valence-corrected chi connectivity index (χ3v) is 3.05. The molecule has 0 aliphatic rings. The van der Waals surface area contributed by atoms with E-state index >= 15 is 0 Å². The van der Waals surface area contributed by atoms with Crippen LogP contribution in [0.5, 0.6) is 0 Å². The average molecular weight is 262 g/mol. The van der Waals surface area contributed by atoms with E-state index in [1.165, 1.54) is 0 Å². The van der Waals surface area contributed by atoms with Gasteiger partial charge in [0.25, 0.3) is 0 Å². The molecule has 70 valence electrons. The zero-order valence-corrected chi connectivity index (χ0v) is 9.60. The predicted molar refractivity (Wildman–Crippen MR) is 58.8 cm³/mol. The van der Waals surface area contributed by atoms with Crippen LogP contribution in [0.4, 0.5) is 0 Å². The number of carbonyl (C=O) groups excluding carboxylic acids is 1. The van der Waals surface area contributed by atoms with Gasteiger partial charge < -0.3 is 0 Å². The molecule has 0 fully saturated rings. The van der Waals surface area contributed by atoms with Crippen LogP contribution in [0.1, 0.15) is 23.7 Å². The minimum absolute atomic E-state index is 0.0880. The van der Waals surface area contributed by atoms with E-state index in [0.29, 0.717) is 10.6 Å². The fraction of sp³-hybridized carbons (Fsp3) is 0.300. The van der Waals surface area contributed by atoms with E-state index < -0.39 is 0 Å². The number of alkyl halides is 1. The minimum Gasteiger partial charge on any atom is -0.293 e. The minimum atomic E-state index is -0.106. The summed E-state index contributed by atoms with van der Waals surface area (Å²) in [7, 11) is 0. The summed E-state index contributed by atoms with van der Waals surface area (Å²) < 4.78 is 0. The topological polar surface area (TPSA) is 17.1 Å². The first kappa shape index (κ1) is 10.7. The largest absolute Gasteiger partial charge is 0.293 e. The standard InChI is InChI=1S/C10H10BrClO/c1-2-9(11)10(13)7-4-3-5-8(12)6-7/h3-6,9H,2H2,1H3. The van der Waals surface area contributed by atoms with Crippen LogP contribution >= 0.6 is 27.5 Å². The monoisotopic (exact) mass is 260 g/mol. The predicted octanol–water partition coefficient (Wildman–Crippen LogP) is 3.70. The van der Waals surface area contributed by atoms with E-state index in [2.05, 4.69) is 15.9 Å². The number of hydrogen-bond acceptors (Lipinski definition) is 1. The van der Waals surface area contributed by atoms with Crippen molar-refractivity contribution in [3.8, 4) is 0 Å². The maximum atomic E-state index is 11.6. The third-order valence-electron chi connectivity index (χ3n) is 1.75. The van der Waals surface area contributed by atoms with Gasteiger partial charge in [-0.1, -0.05) is 46.6 Å². The van der Waals surface area contributed by atoms with Crippen molar-refractivity contribution in [2.75, 3.05) is 0 Å². The zero-order chi connectivity index (χ0) is 9.84. The first-order chi connectivity index (χ1) is 6.15. The Morgan fingerprint density at radius 1 is 1.62 bits per heavy atom. The first-order valence-corrected chi connectivity index (χ1v) is 5.38. The zero-order valence-electron chi connectivity index (χ0n) is 7.26. The number of rotatable bonds is 3. The Morgan fingerprint density at radius 3 is 2.85 bits per heavy atom. The van der Waals surface area contributed by atoms with Crippen LogP contribution in [0.3, 0.4) is 0 Å². The molecule has 0 aliphatic heterocycles. The lowest BCUT2D eigenvalue weighted by Gasteiger charge is -2.05. The summed E-state index contributed by atoms with van der Waals surface area (Å²) in [6.45, 7) is 1.96. The van der Waals surface area contributed by atoms with Gasteiger partial charge in [0.05, 0.1) is 4.83 Å². The quantitative estimate of drug-likeness (QED) is 0.599. The summed E-state index contributed by atoms with van der Waals surface area (Å²) >= 11 is 9.08. The normalized spacial score (nSPS) is 12.5. The highest BCUT2D eigenvalue weighted by Gasteiger charge is 2.14. The molecule has 1 aromatic carbocycles. The van der Waals surface area contributed by atoms with Crippen molar-refractivity contribution in [3.05, 3.63) is 34.9 Å². The molecule has 1 unspecified atom stereocenters. The Kier molecular flexibility index (Phi) is 3.94. The lowest BCUT2D eigenvalue weighted by atomic mass is 10.1. The maximum absolute atomic E-state index is 11.6. The van der Waals surface area contributed by atoms with E-state index in [9.17, 15) is 4.79 Å². The molecular formula is C10H10BrClO. The van der Waals surface area contributed by atoms with Crippen LogP contribution in [0.25, 0.3) is 0 Å². The summed E-state index contributed by atoms with van der Waals surface area (Å²) in [6, 6.07) is 7.00. The highest BCUT2D eigenvalue weighted by molar-refractivity contribution is 9.10. The van der Waals surface area contributed by atoms with Crippen molar-refractivity contribution in [2.45, 2.75) is 18.2 Å². The van der Waals surface area contributed by atoms with Crippen molar-refractivity contribution in [3.63, 3.8) is 0 Å². The molecule has 0 amide bonds. The summed E-state index contributed by atoms with van der Waals surface area (Å²) in [5.41, 5.74) is 0.663. The van der Waals surface area contributed by atoms with E-state index in [4.69, 9.17) is 11.6 Å². The molecular weight excluding hydrogens is 251 g/mol. The van der Waals surface area contributed by atoms with Crippen LogP contribution in [-0.2, 0) is 0 Å². The average Bonchev–Trinajstić information content (AvgIpc) is 2.15. The second-order valence-electron chi connectivity index (χ2n) is 2.75. The van der Waals surface area contributed by atoms with E-state index in [1.807, 2.05) is 6.92 Å². The van der Waals surface area contributed by atoms with E-state index in [0.717, 1.165) is 6.42 Å². The lowest BCUT2D eigenvalue weighted by Crippen LogP contribution is -2.12. The number of benzene rings is 1. The molecule has 0 bridgehead atoms. The molecule has 0 N–H and O–H groups in total. The van der Waals surface area contributed by atoms with Gasteiger partial charge in [-0.2, -0.15) is 0 Å². The molecule has 1 rings (SSSR count). The molecule has 0 saturated heterocycles. The van der Waals surface area contributed by atoms with Crippen molar-refractivity contribution >= 4 is 33.3 Å². The van der Waals surface area contributed by atoms with Gasteiger partial charge in [0.15, 0.2) is 5.78 Å². The molecule has 0 radical (unpaired) electrons. The van der Waals surface area contributed by atoms with Crippen molar-refractivity contribution in [2.24, 2.45) is 0 Å². The van der Waals surface area contributed by atoms with Crippen LogP contribution < -0.4 is 0 Å². The fourth-order valence-corrected chi connectivity index (χ4v) is 1.46. The Balaban J connectivity index is 2.89. The summed E-state index contributed by atoms with van der Waals surface area (Å²) in [6.07, 6.45) is 0.783. The van der Waals surface area contributed by atoms with Gasteiger partial charge in [-0.25, -0.2) is 0 Å². The second-order valence-corrected chi connectivity index (χ2v) is 4.29. The van der Waals surface area contributed by atoms with Crippen molar-refractivity contribution in [1.29, 1.82) is 0 Å². The van der Waals surface area contributed by atoms with E-state index in [-0.39, 0.29) is 10.6 Å². The van der Waals surface area contributed by atoms with Gasteiger partial charge in [-0.15, -0.1) is 0 Å². The van der Waals surface area contributed by atoms with Gasteiger partial charge in [0.1, 0.15) is 0 Å². The van der Waals surface area contributed by atoms with Gasteiger partial charge >= 0.3 is 0 Å². The van der Waals surface area contributed by atoms with Crippen LogP contribution in [0.2, 0.25) is 5.02 Å².